The van der Waals surface area contributed by atoms with Gasteiger partial charge in [-0.1, -0.05) is 42.5 Å². The third-order valence-electron chi connectivity index (χ3n) is 6.99. The van der Waals surface area contributed by atoms with Crippen LogP contribution in [0.25, 0.3) is 0 Å². The summed E-state index contributed by atoms with van der Waals surface area (Å²) in [5.41, 5.74) is 1.41. The maximum absolute atomic E-state index is 13.0. The minimum atomic E-state index is -3.54. The van der Waals surface area contributed by atoms with Crippen molar-refractivity contribution >= 4 is 22.3 Å². The Balaban J connectivity index is 1.42. The average Bonchev–Trinajstić information content (AvgIpc) is 3.73. The molecule has 188 valence electrons. The number of hydrogen-bond acceptors (Lipinski definition) is 5. The van der Waals surface area contributed by atoms with Gasteiger partial charge in [0, 0.05) is 31.1 Å². The van der Waals surface area contributed by atoms with Crippen LogP contribution in [0, 0.1) is 0 Å². The van der Waals surface area contributed by atoms with Gasteiger partial charge in [-0.2, -0.15) is 4.40 Å². The first kappa shape index (κ1) is 25.2. The van der Waals surface area contributed by atoms with E-state index in [4.69, 9.17) is 4.74 Å². The van der Waals surface area contributed by atoms with E-state index in [0.29, 0.717) is 37.0 Å². The summed E-state index contributed by atoms with van der Waals surface area (Å²) >= 11 is 0. The summed E-state index contributed by atoms with van der Waals surface area (Å²) in [6.07, 6.45) is 5.10. The lowest BCUT2D eigenvalue weighted by Crippen LogP contribution is -2.48. The molecular weight excluding hydrogens is 464 g/mol. The van der Waals surface area contributed by atoms with Crippen LogP contribution >= 0.6 is 0 Å². The molecule has 1 saturated heterocycles. The van der Waals surface area contributed by atoms with Crippen molar-refractivity contribution in [2.75, 3.05) is 39.7 Å². The van der Waals surface area contributed by atoms with E-state index in [9.17, 15) is 13.2 Å². The molecule has 0 unspecified atom stereocenters. The Bertz CT molecular complexity index is 1140. The number of nitrogens with zero attached hydrogens (tertiary/aromatic N) is 3. The number of benzene rings is 2. The van der Waals surface area contributed by atoms with E-state index in [1.807, 2.05) is 47.2 Å². The number of likely N-dealkylation sites (tertiary alicyclic amines) is 1. The normalized spacial score (nSPS) is 18.1. The molecule has 2 fully saturated rings. The number of rotatable bonds is 10. The van der Waals surface area contributed by atoms with E-state index >= 15 is 0 Å². The maximum atomic E-state index is 13.0. The number of hydrogen-bond donors (Lipinski definition) is 1. The zero-order valence-electron chi connectivity index (χ0n) is 20.4. The SMILES string of the molecule is COc1ccccc1C(=O)NCC1(c2ccccc2)CCN(C=NS(=O)(=O)CN(C)C2CC2)CC1. The number of carbonyl (C=O) groups excluding carboxylic acids is 1. The fourth-order valence-electron chi connectivity index (χ4n) is 4.65. The van der Waals surface area contributed by atoms with Gasteiger partial charge in [0.05, 0.1) is 12.7 Å². The summed E-state index contributed by atoms with van der Waals surface area (Å²) in [7, 11) is -0.153. The highest BCUT2D eigenvalue weighted by molar-refractivity contribution is 7.90. The van der Waals surface area contributed by atoms with E-state index in [2.05, 4.69) is 21.8 Å². The lowest BCUT2D eigenvalue weighted by atomic mass is 9.72. The number of ether oxygens (including phenoxy) is 1. The van der Waals surface area contributed by atoms with Gasteiger partial charge in [-0.25, -0.2) is 8.42 Å². The second kappa shape index (κ2) is 10.8. The van der Waals surface area contributed by atoms with Crippen molar-refractivity contribution in [1.29, 1.82) is 0 Å². The summed E-state index contributed by atoms with van der Waals surface area (Å²) in [6.45, 7) is 1.77. The fourth-order valence-corrected chi connectivity index (χ4v) is 5.72. The minimum absolute atomic E-state index is 0.0507. The van der Waals surface area contributed by atoms with Crippen molar-refractivity contribution in [2.24, 2.45) is 4.40 Å². The second-order valence-corrected chi connectivity index (χ2v) is 11.1. The number of amides is 1. The van der Waals surface area contributed by atoms with Gasteiger partial charge in [0.2, 0.25) is 0 Å². The molecule has 1 N–H and O–H groups in total. The molecule has 35 heavy (non-hydrogen) atoms. The van der Waals surface area contributed by atoms with Crippen LogP contribution in [0.2, 0.25) is 0 Å². The van der Waals surface area contributed by atoms with E-state index in [-0.39, 0.29) is 17.2 Å². The molecule has 1 saturated carbocycles. The molecule has 2 aromatic carbocycles. The quantitative estimate of drug-likeness (QED) is 0.400. The van der Waals surface area contributed by atoms with Gasteiger partial charge in [-0.05, 0) is 50.4 Å². The van der Waals surface area contributed by atoms with Gasteiger partial charge in [0.25, 0.3) is 15.9 Å². The monoisotopic (exact) mass is 498 g/mol. The molecule has 1 amide bonds. The number of sulfonamides is 1. The standard InChI is InChI=1S/C26H34N4O4S/c1-29(22-12-13-22)20-35(32,33)28-19-30-16-14-26(15-17-30,21-8-4-3-5-9-21)18-27-25(31)23-10-6-7-11-24(23)34-2/h3-11,19,22H,12-18,20H2,1-2H3,(H,27,31). The Labute approximate surface area is 208 Å². The molecule has 0 atom stereocenters. The van der Waals surface area contributed by atoms with Gasteiger partial charge in [-0.15, -0.1) is 0 Å². The van der Waals surface area contributed by atoms with Gasteiger partial charge in [-0.3, -0.25) is 9.69 Å². The Morgan fingerprint density at radius 3 is 2.46 bits per heavy atom. The molecule has 2 aliphatic rings. The van der Waals surface area contributed by atoms with Gasteiger partial charge in [0.15, 0.2) is 0 Å². The van der Waals surface area contributed by atoms with Crippen LogP contribution < -0.4 is 10.1 Å². The summed E-state index contributed by atoms with van der Waals surface area (Å²) in [6, 6.07) is 17.7. The molecule has 1 aliphatic carbocycles. The van der Waals surface area contributed by atoms with E-state index in [0.717, 1.165) is 31.2 Å². The number of carbonyl (C=O) groups is 1. The molecule has 0 radical (unpaired) electrons. The summed E-state index contributed by atoms with van der Waals surface area (Å²) in [5.74, 6) is 0.316. The average molecular weight is 499 g/mol. The number of piperidine rings is 1. The molecular formula is C26H34N4O4S. The first-order valence-electron chi connectivity index (χ1n) is 12.0. The van der Waals surface area contributed by atoms with Crippen molar-refractivity contribution in [3.05, 3.63) is 65.7 Å². The lowest BCUT2D eigenvalue weighted by Gasteiger charge is -2.42. The molecule has 0 spiro atoms. The van der Waals surface area contributed by atoms with Crippen LogP contribution in [0.3, 0.4) is 0 Å². The molecule has 1 heterocycles. The first-order valence-corrected chi connectivity index (χ1v) is 13.6. The van der Waals surface area contributed by atoms with Gasteiger partial charge < -0.3 is 15.0 Å². The molecule has 0 bridgehead atoms. The largest absolute Gasteiger partial charge is 0.496 e. The number of methoxy groups -OCH3 is 1. The Kier molecular flexibility index (Phi) is 7.76. The van der Waals surface area contributed by atoms with Crippen LogP contribution in [0.5, 0.6) is 5.75 Å². The van der Waals surface area contributed by atoms with Crippen molar-refractivity contribution in [3.63, 3.8) is 0 Å². The fraction of sp³-hybridized carbons (Fsp3) is 0.462. The Hall–Kier alpha value is -2.91. The van der Waals surface area contributed by atoms with Crippen molar-refractivity contribution in [2.45, 2.75) is 37.1 Å². The summed E-state index contributed by atoms with van der Waals surface area (Å²) in [5, 5.41) is 3.12. The first-order chi connectivity index (χ1) is 16.8. The molecule has 2 aromatic rings. The molecule has 0 aromatic heterocycles. The zero-order chi connectivity index (χ0) is 24.9. The number of para-hydroxylation sites is 1. The molecule has 1 aliphatic heterocycles. The van der Waals surface area contributed by atoms with Crippen molar-refractivity contribution < 1.29 is 17.9 Å². The highest BCUT2D eigenvalue weighted by Crippen LogP contribution is 2.35. The smallest absolute Gasteiger partial charge is 0.267 e. The summed E-state index contributed by atoms with van der Waals surface area (Å²) in [4.78, 5) is 16.8. The van der Waals surface area contributed by atoms with Crippen LogP contribution in [-0.4, -0.2) is 76.2 Å². The highest BCUT2D eigenvalue weighted by Gasteiger charge is 2.36. The third kappa shape index (κ3) is 6.41. The topological polar surface area (TPSA) is 91.3 Å². The van der Waals surface area contributed by atoms with Gasteiger partial charge in [0.1, 0.15) is 18.0 Å². The predicted molar refractivity (Wildman–Crippen MR) is 137 cm³/mol. The number of nitrogens with one attached hydrogen (secondary N) is 1. The van der Waals surface area contributed by atoms with Crippen molar-refractivity contribution in [1.82, 2.24) is 15.1 Å². The van der Waals surface area contributed by atoms with E-state index in [1.165, 1.54) is 6.34 Å². The van der Waals surface area contributed by atoms with Crippen LogP contribution in [0.4, 0.5) is 0 Å². The molecule has 9 heteroatoms. The highest BCUT2D eigenvalue weighted by atomic mass is 32.2. The van der Waals surface area contributed by atoms with Crippen LogP contribution in [0.1, 0.15) is 41.6 Å². The third-order valence-corrected chi connectivity index (χ3v) is 8.14. The molecule has 8 nitrogen and oxygen atoms in total. The van der Waals surface area contributed by atoms with Crippen LogP contribution in [0.15, 0.2) is 59.0 Å². The lowest BCUT2D eigenvalue weighted by molar-refractivity contribution is 0.0929. The zero-order valence-corrected chi connectivity index (χ0v) is 21.2. The van der Waals surface area contributed by atoms with Crippen LogP contribution in [-0.2, 0) is 15.4 Å². The van der Waals surface area contributed by atoms with E-state index in [1.54, 1.807) is 19.2 Å². The van der Waals surface area contributed by atoms with Gasteiger partial charge >= 0.3 is 0 Å². The minimum Gasteiger partial charge on any atom is -0.496 e. The predicted octanol–water partition coefficient (Wildman–Crippen LogP) is 2.87. The Morgan fingerprint density at radius 1 is 1.14 bits per heavy atom. The summed E-state index contributed by atoms with van der Waals surface area (Å²) < 4.78 is 34.1. The molecule has 4 rings (SSSR count). The second-order valence-electron chi connectivity index (χ2n) is 9.49. The van der Waals surface area contributed by atoms with Crippen molar-refractivity contribution in [3.8, 4) is 5.75 Å². The maximum Gasteiger partial charge on any atom is 0.267 e. The van der Waals surface area contributed by atoms with E-state index < -0.39 is 10.0 Å². The Morgan fingerprint density at radius 2 is 1.80 bits per heavy atom.